The van der Waals surface area contributed by atoms with E-state index in [1.54, 1.807) is 12.1 Å². The Bertz CT molecular complexity index is 772. The maximum Gasteiger partial charge on any atom is 0.328 e. The van der Waals surface area contributed by atoms with Gasteiger partial charge in [0.1, 0.15) is 5.56 Å². The molecule has 0 atom stereocenters. The van der Waals surface area contributed by atoms with Crippen LogP contribution in [0.5, 0.6) is 0 Å². The van der Waals surface area contributed by atoms with Gasteiger partial charge in [0.15, 0.2) is 0 Å². The number of hydrogen-bond donors (Lipinski definition) is 2. The molecule has 2 N–H and O–H groups in total. The normalized spacial score (nSPS) is 10.2. The second-order valence-electron chi connectivity index (χ2n) is 4.77. The van der Waals surface area contributed by atoms with Gasteiger partial charge in [0.25, 0.3) is 11.5 Å². The van der Waals surface area contributed by atoms with Gasteiger partial charge in [-0.3, -0.25) is 14.2 Å². The van der Waals surface area contributed by atoms with Gasteiger partial charge in [0.05, 0.1) is 0 Å². The minimum Gasteiger partial charge on any atom is -0.378 e. The lowest BCUT2D eigenvalue weighted by molar-refractivity contribution is 0.102. The number of carbonyl (C=O) groups is 1. The molecule has 7 nitrogen and oxygen atoms in total. The molecule has 0 bridgehead atoms. The molecule has 1 aromatic heterocycles. The summed E-state index contributed by atoms with van der Waals surface area (Å²) in [7, 11) is 5.14. The molecule has 0 fully saturated rings. The lowest BCUT2D eigenvalue weighted by Gasteiger charge is -2.13. The van der Waals surface area contributed by atoms with E-state index >= 15 is 0 Å². The van der Waals surface area contributed by atoms with Crippen LogP contribution in [-0.2, 0) is 7.05 Å². The highest BCUT2D eigenvalue weighted by molar-refractivity contribution is 6.03. The number of carbonyl (C=O) groups excluding carboxylic acids is 1. The zero-order valence-electron chi connectivity index (χ0n) is 12.0. The first kappa shape index (κ1) is 14.6. The van der Waals surface area contributed by atoms with Crippen LogP contribution in [-0.4, -0.2) is 29.6 Å². The van der Waals surface area contributed by atoms with E-state index < -0.39 is 17.2 Å². The van der Waals surface area contributed by atoms with Crippen molar-refractivity contribution in [2.75, 3.05) is 24.3 Å². The third-order valence-corrected chi connectivity index (χ3v) is 3.07. The summed E-state index contributed by atoms with van der Waals surface area (Å²) in [4.78, 5) is 39.4. The number of anilines is 2. The summed E-state index contributed by atoms with van der Waals surface area (Å²) in [5.74, 6) is -0.565. The fourth-order valence-electron chi connectivity index (χ4n) is 1.77. The second kappa shape index (κ2) is 5.66. The molecule has 1 aromatic carbocycles. The summed E-state index contributed by atoms with van der Waals surface area (Å²) in [5, 5.41) is 2.62. The molecule has 7 heteroatoms. The van der Waals surface area contributed by atoms with Crippen LogP contribution in [0.1, 0.15) is 10.4 Å². The maximum atomic E-state index is 12.1. The number of aromatic amines is 1. The molecule has 0 spiro atoms. The zero-order valence-corrected chi connectivity index (χ0v) is 12.0. The Labute approximate surface area is 120 Å². The Kier molecular flexibility index (Phi) is 3.93. The molecule has 0 saturated carbocycles. The Balaban J connectivity index is 2.24. The average Bonchev–Trinajstić information content (AvgIpc) is 2.45. The van der Waals surface area contributed by atoms with Crippen molar-refractivity contribution in [3.05, 3.63) is 56.9 Å². The quantitative estimate of drug-likeness (QED) is 0.855. The summed E-state index contributed by atoms with van der Waals surface area (Å²) >= 11 is 0. The van der Waals surface area contributed by atoms with Crippen molar-refractivity contribution in [1.29, 1.82) is 0 Å². The molecule has 0 aliphatic heterocycles. The van der Waals surface area contributed by atoms with E-state index in [0.717, 1.165) is 16.5 Å². The number of H-pyrrole nitrogens is 1. The molecule has 1 amide bonds. The van der Waals surface area contributed by atoms with Crippen LogP contribution in [0.2, 0.25) is 0 Å². The first-order valence-corrected chi connectivity index (χ1v) is 6.27. The number of nitrogens with one attached hydrogen (secondary N) is 2. The van der Waals surface area contributed by atoms with Crippen molar-refractivity contribution < 1.29 is 4.79 Å². The molecular weight excluding hydrogens is 272 g/mol. The van der Waals surface area contributed by atoms with Crippen LogP contribution in [0.3, 0.4) is 0 Å². The van der Waals surface area contributed by atoms with Gasteiger partial charge in [-0.2, -0.15) is 0 Å². The molecule has 0 radical (unpaired) electrons. The SMILES string of the molecule is CN(C)c1ccc(NC(=O)c2c[nH]c(=O)n(C)c2=O)cc1. The molecule has 1 heterocycles. The Morgan fingerprint density at radius 3 is 2.38 bits per heavy atom. The van der Waals surface area contributed by atoms with Crippen molar-refractivity contribution in [3.63, 3.8) is 0 Å². The van der Waals surface area contributed by atoms with Crippen molar-refractivity contribution in [2.45, 2.75) is 0 Å². The van der Waals surface area contributed by atoms with Crippen LogP contribution in [0, 0.1) is 0 Å². The molecule has 2 rings (SSSR count). The summed E-state index contributed by atoms with van der Waals surface area (Å²) in [6.45, 7) is 0. The van der Waals surface area contributed by atoms with Gasteiger partial charge >= 0.3 is 5.69 Å². The minimum atomic E-state index is -0.638. The fourth-order valence-corrected chi connectivity index (χ4v) is 1.77. The largest absolute Gasteiger partial charge is 0.378 e. The number of amides is 1. The number of nitrogens with zero attached hydrogens (tertiary/aromatic N) is 2. The summed E-state index contributed by atoms with van der Waals surface area (Å²) in [5.41, 5.74) is 0.244. The molecule has 0 saturated heterocycles. The molecule has 0 unspecified atom stereocenters. The van der Waals surface area contributed by atoms with E-state index in [1.165, 1.54) is 7.05 Å². The molecular formula is C14H16N4O3. The van der Waals surface area contributed by atoms with Crippen LogP contribution in [0.25, 0.3) is 0 Å². The topological polar surface area (TPSA) is 87.2 Å². The van der Waals surface area contributed by atoms with E-state index in [1.807, 2.05) is 31.1 Å². The Hall–Kier alpha value is -2.83. The first-order chi connectivity index (χ1) is 9.90. The highest BCUT2D eigenvalue weighted by Gasteiger charge is 2.13. The minimum absolute atomic E-state index is 0.117. The monoisotopic (exact) mass is 288 g/mol. The molecule has 0 aliphatic rings. The van der Waals surface area contributed by atoms with Gasteiger partial charge in [-0.15, -0.1) is 0 Å². The number of rotatable bonds is 3. The van der Waals surface area contributed by atoms with E-state index in [0.29, 0.717) is 5.69 Å². The maximum absolute atomic E-state index is 12.1. The Morgan fingerprint density at radius 1 is 1.19 bits per heavy atom. The molecule has 0 aliphatic carbocycles. The van der Waals surface area contributed by atoms with E-state index in [2.05, 4.69) is 10.3 Å². The third-order valence-electron chi connectivity index (χ3n) is 3.07. The zero-order chi connectivity index (χ0) is 15.6. The summed E-state index contributed by atoms with van der Waals surface area (Å²) in [6, 6.07) is 7.17. The van der Waals surface area contributed by atoms with Crippen molar-refractivity contribution in [3.8, 4) is 0 Å². The van der Waals surface area contributed by atoms with Crippen LogP contribution in [0.4, 0.5) is 11.4 Å². The van der Waals surface area contributed by atoms with Gasteiger partial charge in [0.2, 0.25) is 0 Å². The van der Waals surface area contributed by atoms with Gasteiger partial charge in [-0.1, -0.05) is 0 Å². The van der Waals surface area contributed by atoms with Gasteiger partial charge in [0, 0.05) is 38.7 Å². The predicted molar refractivity (Wildman–Crippen MR) is 81.0 cm³/mol. The highest BCUT2D eigenvalue weighted by atomic mass is 16.2. The highest BCUT2D eigenvalue weighted by Crippen LogP contribution is 2.15. The number of aromatic nitrogens is 2. The van der Waals surface area contributed by atoms with Crippen LogP contribution >= 0.6 is 0 Å². The Morgan fingerprint density at radius 2 is 1.81 bits per heavy atom. The van der Waals surface area contributed by atoms with Crippen molar-refractivity contribution in [1.82, 2.24) is 9.55 Å². The standard InChI is InChI=1S/C14H16N4O3/c1-17(2)10-6-4-9(5-7-10)16-12(19)11-8-15-14(21)18(3)13(11)20/h4-8H,1-3H3,(H,15,21)(H,16,19). The lowest BCUT2D eigenvalue weighted by Crippen LogP contribution is -2.37. The van der Waals surface area contributed by atoms with E-state index in [4.69, 9.17) is 0 Å². The van der Waals surface area contributed by atoms with Gasteiger partial charge in [-0.25, -0.2) is 4.79 Å². The van der Waals surface area contributed by atoms with Crippen LogP contribution < -0.4 is 21.5 Å². The molecule has 110 valence electrons. The third kappa shape index (κ3) is 3.02. The van der Waals surface area contributed by atoms with Gasteiger partial charge < -0.3 is 15.2 Å². The van der Waals surface area contributed by atoms with Crippen molar-refractivity contribution >= 4 is 17.3 Å². The summed E-state index contributed by atoms with van der Waals surface area (Å²) in [6.07, 6.45) is 1.12. The first-order valence-electron chi connectivity index (χ1n) is 6.27. The van der Waals surface area contributed by atoms with Crippen molar-refractivity contribution in [2.24, 2.45) is 7.05 Å². The predicted octanol–water partition coefficient (Wildman–Crippen LogP) is 0.392. The average molecular weight is 288 g/mol. The second-order valence-corrected chi connectivity index (χ2v) is 4.77. The smallest absolute Gasteiger partial charge is 0.328 e. The van der Waals surface area contributed by atoms with E-state index in [-0.39, 0.29) is 5.56 Å². The summed E-state index contributed by atoms with van der Waals surface area (Å²) < 4.78 is 0.851. The van der Waals surface area contributed by atoms with Crippen LogP contribution in [0.15, 0.2) is 40.1 Å². The molecule has 2 aromatic rings. The number of hydrogen-bond acceptors (Lipinski definition) is 4. The fraction of sp³-hybridized carbons (Fsp3) is 0.214. The molecule has 21 heavy (non-hydrogen) atoms. The number of benzene rings is 1. The van der Waals surface area contributed by atoms with E-state index in [9.17, 15) is 14.4 Å². The van der Waals surface area contributed by atoms with Gasteiger partial charge in [-0.05, 0) is 24.3 Å². The lowest BCUT2D eigenvalue weighted by atomic mass is 10.2.